The highest BCUT2D eigenvalue weighted by molar-refractivity contribution is 7.25. The number of fused-ring (bicyclic) bond motifs is 9. The van der Waals surface area contributed by atoms with E-state index in [1.54, 1.807) is 0 Å². The number of benzene rings is 9. The molecule has 0 aliphatic rings. The topological polar surface area (TPSA) is 29.5 Å². The van der Waals surface area contributed by atoms with Gasteiger partial charge in [0.25, 0.3) is 0 Å². The Labute approximate surface area is 357 Å². The molecule has 0 spiro atoms. The molecule has 290 valence electrons. The fraction of sp³-hybridized carbons (Fsp3) is 0.0526. The van der Waals surface area contributed by atoms with Gasteiger partial charge >= 0.3 is 0 Å². The summed E-state index contributed by atoms with van der Waals surface area (Å²) in [4.78, 5) is 2.37. The Hall–Kier alpha value is -7.40. The molecule has 0 amide bonds. The number of thiophene rings is 1. The summed E-state index contributed by atoms with van der Waals surface area (Å²) in [6, 6.07) is 69.8. The van der Waals surface area contributed by atoms with E-state index in [4.69, 9.17) is 8.83 Å². The monoisotopic (exact) mass is 801 g/mol. The molecule has 0 radical (unpaired) electrons. The van der Waals surface area contributed by atoms with Gasteiger partial charge in [0.15, 0.2) is 0 Å². The predicted octanol–water partition coefficient (Wildman–Crippen LogP) is 17.1. The van der Waals surface area contributed by atoms with Crippen LogP contribution in [0.5, 0.6) is 0 Å². The molecule has 61 heavy (non-hydrogen) atoms. The number of rotatable bonds is 7. The van der Waals surface area contributed by atoms with Gasteiger partial charge in [-0.2, -0.15) is 0 Å². The number of aryl methyl sites for hydroxylation is 1. The van der Waals surface area contributed by atoms with Crippen LogP contribution in [0.2, 0.25) is 0 Å². The maximum atomic E-state index is 6.75. The van der Waals surface area contributed by atoms with Crippen LogP contribution in [0.1, 0.15) is 29.5 Å². The summed E-state index contributed by atoms with van der Waals surface area (Å²) in [6.07, 6.45) is 0. The second-order valence-electron chi connectivity index (χ2n) is 16.0. The van der Waals surface area contributed by atoms with Crippen LogP contribution in [0.15, 0.2) is 203 Å². The van der Waals surface area contributed by atoms with Crippen molar-refractivity contribution in [3.63, 3.8) is 0 Å². The standard InChI is InChI=1S/C57H39NO2S/c1-35-33-51-55(47-21-9-12-25-50(47)59-51)56(48-23-14-22-46-42-18-8-11-24-49(42)60-57(46)48)54(35)45-20-7-6-17-41(45)36(2)37-27-29-39(30-28-37)58(38-15-4-3-5-16-38)40-31-32-44-43-19-10-13-26-52(43)61-53(44)34-40/h3-34,36H,1-2H3/t36-/m0/s1. The predicted molar refractivity (Wildman–Crippen MR) is 258 cm³/mol. The van der Waals surface area contributed by atoms with Crippen molar-refractivity contribution in [2.75, 3.05) is 4.90 Å². The van der Waals surface area contributed by atoms with E-state index in [-0.39, 0.29) is 5.92 Å². The van der Waals surface area contributed by atoms with Crippen molar-refractivity contribution < 1.29 is 8.83 Å². The van der Waals surface area contributed by atoms with Gasteiger partial charge < -0.3 is 13.7 Å². The third-order valence-electron chi connectivity index (χ3n) is 12.5. The van der Waals surface area contributed by atoms with Crippen molar-refractivity contribution in [2.45, 2.75) is 19.8 Å². The second-order valence-corrected chi connectivity index (χ2v) is 17.1. The molecule has 9 aromatic carbocycles. The SMILES string of the molecule is Cc1cc2oc3ccccc3c2c(-c2cccc3c2oc2ccccc23)c1-c1ccccc1[C@@H](C)c1ccc(N(c2ccccc2)c2ccc3c(c2)sc2ccccc23)cc1. The van der Waals surface area contributed by atoms with Crippen LogP contribution in [-0.4, -0.2) is 0 Å². The van der Waals surface area contributed by atoms with Gasteiger partial charge in [-0.05, 0) is 95.4 Å². The molecule has 0 saturated carbocycles. The van der Waals surface area contributed by atoms with Gasteiger partial charge in [-0.3, -0.25) is 0 Å². The molecule has 0 bridgehead atoms. The van der Waals surface area contributed by atoms with E-state index in [0.717, 1.165) is 77.6 Å². The zero-order valence-corrected chi connectivity index (χ0v) is 34.5. The minimum Gasteiger partial charge on any atom is -0.456 e. The molecular weight excluding hydrogens is 763 g/mol. The maximum Gasteiger partial charge on any atom is 0.143 e. The fourth-order valence-corrected chi connectivity index (χ4v) is 10.8. The van der Waals surface area contributed by atoms with Crippen LogP contribution >= 0.6 is 11.3 Å². The van der Waals surface area contributed by atoms with E-state index in [1.165, 1.54) is 42.4 Å². The molecule has 0 aliphatic carbocycles. The first-order valence-corrected chi connectivity index (χ1v) is 21.7. The van der Waals surface area contributed by atoms with E-state index >= 15 is 0 Å². The van der Waals surface area contributed by atoms with Gasteiger partial charge in [0, 0.05) is 75.8 Å². The Morgan fingerprint density at radius 1 is 0.443 bits per heavy atom. The van der Waals surface area contributed by atoms with Crippen LogP contribution < -0.4 is 4.90 Å². The van der Waals surface area contributed by atoms with Crippen molar-refractivity contribution in [1.82, 2.24) is 0 Å². The first kappa shape index (κ1) is 35.5. The van der Waals surface area contributed by atoms with Crippen LogP contribution in [0, 0.1) is 6.92 Å². The lowest BCUT2D eigenvalue weighted by Crippen LogP contribution is -2.10. The van der Waals surface area contributed by atoms with Crippen molar-refractivity contribution in [3.05, 3.63) is 211 Å². The van der Waals surface area contributed by atoms with E-state index in [9.17, 15) is 0 Å². The highest BCUT2D eigenvalue weighted by Gasteiger charge is 2.26. The molecule has 12 aromatic rings. The summed E-state index contributed by atoms with van der Waals surface area (Å²) in [5.41, 5.74) is 15.2. The summed E-state index contributed by atoms with van der Waals surface area (Å²) in [6.45, 7) is 4.55. The molecule has 0 aliphatic heterocycles. The minimum atomic E-state index is 0.0938. The maximum absolute atomic E-state index is 6.75. The third kappa shape index (κ3) is 5.71. The van der Waals surface area contributed by atoms with E-state index in [0.29, 0.717) is 0 Å². The molecule has 12 rings (SSSR count). The van der Waals surface area contributed by atoms with Gasteiger partial charge in [-0.25, -0.2) is 0 Å². The largest absolute Gasteiger partial charge is 0.456 e. The molecule has 1 atom stereocenters. The van der Waals surface area contributed by atoms with Crippen molar-refractivity contribution in [1.29, 1.82) is 0 Å². The number of para-hydroxylation sites is 4. The molecule has 3 heterocycles. The third-order valence-corrected chi connectivity index (χ3v) is 13.7. The lowest BCUT2D eigenvalue weighted by molar-refractivity contribution is 0.668. The molecule has 0 saturated heterocycles. The summed E-state index contributed by atoms with van der Waals surface area (Å²) in [7, 11) is 0. The Morgan fingerprint density at radius 3 is 1.90 bits per heavy atom. The molecule has 4 heteroatoms. The minimum absolute atomic E-state index is 0.0938. The molecular formula is C57H39NO2S. The fourth-order valence-electron chi connectivity index (χ4n) is 9.65. The molecule has 3 aromatic heterocycles. The molecule has 0 unspecified atom stereocenters. The second kappa shape index (κ2) is 14.1. The Balaban J connectivity index is 1.00. The van der Waals surface area contributed by atoms with Gasteiger partial charge in [-0.15, -0.1) is 11.3 Å². The normalized spacial score (nSPS) is 12.4. The molecule has 0 N–H and O–H groups in total. The van der Waals surface area contributed by atoms with E-state index in [1.807, 2.05) is 23.5 Å². The van der Waals surface area contributed by atoms with E-state index in [2.05, 4.69) is 201 Å². The van der Waals surface area contributed by atoms with Crippen LogP contribution in [0.4, 0.5) is 17.1 Å². The van der Waals surface area contributed by atoms with E-state index < -0.39 is 0 Å². The summed E-state index contributed by atoms with van der Waals surface area (Å²) in [5.74, 6) is 0.0938. The summed E-state index contributed by atoms with van der Waals surface area (Å²) in [5, 5.41) is 7.03. The number of hydrogen-bond acceptors (Lipinski definition) is 4. The summed E-state index contributed by atoms with van der Waals surface area (Å²) >= 11 is 1.85. The lowest BCUT2D eigenvalue weighted by atomic mass is 9.81. The van der Waals surface area contributed by atoms with Crippen molar-refractivity contribution in [2.24, 2.45) is 0 Å². The number of anilines is 3. The first-order chi connectivity index (χ1) is 30.1. The number of hydrogen-bond donors (Lipinski definition) is 0. The summed E-state index contributed by atoms with van der Waals surface area (Å²) < 4.78 is 15.9. The average Bonchev–Trinajstić information content (AvgIpc) is 4.00. The van der Waals surface area contributed by atoms with Gasteiger partial charge in [-0.1, -0.05) is 140 Å². The highest BCUT2D eigenvalue weighted by atomic mass is 32.1. The lowest BCUT2D eigenvalue weighted by Gasteiger charge is -2.26. The average molecular weight is 802 g/mol. The zero-order valence-electron chi connectivity index (χ0n) is 33.7. The first-order valence-electron chi connectivity index (χ1n) is 20.9. The molecule has 3 nitrogen and oxygen atoms in total. The Kier molecular flexibility index (Phi) is 8.22. The van der Waals surface area contributed by atoms with Crippen molar-refractivity contribution in [3.8, 4) is 22.3 Å². The van der Waals surface area contributed by atoms with Crippen molar-refractivity contribution >= 4 is 92.4 Å². The smallest absolute Gasteiger partial charge is 0.143 e. The van der Waals surface area contributed by atoms with Crippen LogP contribution in [-0.2, 0) is 0 Å². The Bertz CT molecular complexity index is 3630. The van der Waals surface area contributed by atoms with Gasteiger partial charge in [0.2, 0.25) is 0 Å². The van der Waals surface area contributed by atoms with Crippen LogP contribution in [0.25, 0.3) is 86.3 Å². The van der Waals surface area contributed by atoms with Crippen LogP contribution in [0.3, 0.4) is 0 Å². The zero-order chi connectivity index (χ0) is 40.6. The van der Waals surface area contributed by atoms with Gasteiger partial charge in [0.1, 0.15) is 22.3 Å². The number of nitrogens with zero attached hydrogens (tertiary/aromatic N) is 1. The van der Waals surface area contributed by atoms with Gasteiger partial charge in [0.05, 0.1) is 0 Å². The quantitative estimate of drug-likeness (QED) is 0.161. The number of furan rings is 2. The molecule has 0 fully saturated rings. The highest BCUT2D eigenvalue weighted by Crippen LogP contribution is 2.50. The Morgan fingerprint density at radius 2 is 1.07 bits per heavy atom.